The average Bonchev–Trinajstić information content (AvgIpc) is 2.27. The lowest BCUT2D eigenvalue weighted by atomic mass is 9.96. The third-order valence-corrected chi connectivity index (χ3v) is 2.92. The summed E-state index contributed by atoms with van der Waals surface area (Å²) in [5, 5.41) is 22.8. The molecule has 0 radical (unpaired) electrons. The second-order valence-electron chi connectivity index (χ2n) is 4.65. The van der Waals surface area contributed by atoms with Gasteiger partial charge in [0.25, 0.3) is 0 Å². The fourth-order valence-corrected chi connectivity index (χ4v) is 1.73. The second kappa shape index (κ2) is 6.12. The fourth-order valence-electron chi connectivity index (χ4n) is 1.73. The predicted octanol–water partition coefficient (Wildman–Crippen LogP) is 2.07. The van der Waals surface area contributed by atoms with Gasteiger partial charge in [0, 0.05) is 18.3 Å². The SMILES string of the molecule is Cc1ccnc(NCC(C(=O)O)C(C)C)c1[N+](=O)[O-]. The molecular weight excluding hydrogens is 250 g/mol. The Morgan fingerprint density at radius 1 is 1.58 bits per heavy atom. The summed E-state index contributed by atoms with van der Waals surface area (Å²) in [5.41, 5.74) is 0.370. The van der Waals surface area contributed by atoms with E-state index in [4.69, 9.17) is 5.11 Å². The van der Waals surface area contributed by atoms with Gasteiger partial charge in [-0.1, -0.05) is 13.8 Å². The molecule has 1 rings (SSSR count). The van der Waals surface area contributed by atoms with E-state index in [2.05, 4.69) is 10.3 Å². The van der Waals surface area contributed by atoms with Gasteiger partial charge in [-0.15, -0.1) is 0 Å². The molecule has 0 bridgehead atoms. The van der Waals surface area contributed by atoms with E-state index in [1.807, 2.05) is 0 Å². The molecule has 0 amide bonds. The van der Waals surface area contributed by atoms with Gasteiger partial charge in [-0.25, -0.2) is 4.98 Å². The highest BCUT2D eigenvalue weighted by molar-refractivity contribution is 5.71. The van der Waals surface area contributed by atoms with E-state index in [0.717, 1.165) is 0 Å². The second-order valence-corrected chi connectivity index (χ2v) is 4.65. The van der Waals surface area contributed by atoms with E-state index in [0.29, 0.717) is 5.56 Å². The Morgan fingerprint density at radius 2 is 2.21 bits per heavy atom. The van der Waals surface area contributed by atoms with Crippen molar-refractivity contribution < 1.29 is 14.8 Å². The highest BCUT2D eigenvalue weighted by atomic mass is 16.6. The lowest BCUT2D eigenvalue weighted by molar-refractivity contribution is -0.384. The van der Waals surface area contributed by atoms with Crippen LogP contribution in [0.5, 0.6) is 0 Å². The molecule has 0 spiro atoms. The van der Waals surface area contributed by atoms with Gasteiger partial charge in [-0.05, 0) is 18.9 Å². The van der Waals surface area contributed by atoms with Crippen LogP contribution in [0.25, 0.3) is 0 Å². The predicted molar refractivity (Wildman–Crippen MR) is 70.1 cm³/mol. The summed E-state index contributed by atoms with van der Waals surface area (Å²) in [4.78, 5) is 25.4. The number of carbonyl (C=O) groups is 1. The molecule has 0 aromatic carbocycles. The maximum Gasteiger partial charge on any atom is 0.314 e. The van der Waals surface area contributed by atoms with E-state index in [9.17, 15) is 14.9 Å². The zero-order valence-corrected chi connectivity index (χ0v) is 11.1. The number of hydrogen-bond donors (Lipinski definition) is 2. The number of pyridine rings is 1. The Labute approximate surface area is 110 Å². The Morgan fingerprint density at radius 3 is 2.68 bits per heavy atom. The van der Waals surface area contributed by atoms with E-state index in [1.54, 1.807) is 26.8 Å². The van der Waals surface area contributed by atoms with Crippen LogP contribution in [0.4, 0.5) is 11.5 Å². The van der Waals surface area contributed by atoms with Crippen LogP contribution in [0, 0.1) is 28.9 Å². The summed E-state index contributed by atoms with van der Waals surface area (Å²) in [7, 11) is 0. The molecule has 2 N–H and O–H groups in total. The summed E-state index contributed by atoms with van der Waals surface area (Å²) in [5.74, 6) is -1.52. The average molecular weight is 267 g/mol. The van der Waals surface area contributed by atoms with Gasteiger partial charge < -0.3 is 10.4 Å². The highest BCUT2D eigenvalue weighted by Crippen LogP contribution is 2.26. The minimum Gasteiger partial charge on any atom is -0.481 e. The molecule has 0 saturated carbocycles. The van der Waals surface area contributed by atoms with Crippen LogP contribution in [0.15, 0.2) is 12.3 Å². The molecule has 1 atom stereocenters. The van der Waals surface area contributed by atoms with Gasteiger partial charge in [-0.3, -0.25) is 14.9 Å². The minimum atomic E-state index is -0.933. The number of nitrogens with zero attached hydrogens (tertiary/aromatic N) is 2. The summed E-state index contributed by atoms with van der Waals surface area (Å²) in [6.45, 7) is 5.30. The number of aromatic nitrogens is 1. The molecule has 0 fully saturated rings. The molecule has 19 heavy (non-hydrogen) atoms. The standard InChI is InChI=1S/C12H17N3O4/c1-7(2)9(12(16)17)6-14-11-10(15(18)19)8(3)4-5-13-11/h4-5,7,9H,6H2,1-3H3,(H,13,14)(H,16,17). The third kappa shape index (κ3) is 3.64. The molecule has 0 saturated heterocycles. The molecule has 0 aliphatic carbocycles. The number of rotatable bonds is 6. The fraction of sp³-hybridized carbons (Fsp3) is 0.500. The summed E-state index contributed by atoms with van der Waals surface area (Å²) < 4.78 is 0. The van der Waals surface area contributed by atoms with E-state index >= 15 is 0 Å². The first-order chi connectivity index (χ1) is 8.84. The largest absolute Gasteiger partial charge is 0.481 e. The summed E-state index contributed by atoms with van der Waals surface area (Å²) in [6, 6.07) is 1.54. The summed E-state index contributed by atoms with van der Waals surface area (Å²) >= 11 is 0. The van der Waals surface area contributed by atoms with Crippen molar-refractivity contribution in [2.24, 2.45) is 11.8 Å². The van der Waals surface area contributed by atoms with Crippen LogP contribution in [0.1, 0.15) is 19.4 Å². The van der Waals surface area contributed by atoms with Gasteiger partial charge in [0.2, 0.25) is 5.82 Å². The number of aliphatic carboxylic acids is 1. The maximum absolute atomic E-state index is 11.1. The van der Waals surface area contributed by atoms with E-state index < -0.39 is 16.8 Å². The molecule has 104 valence electrons. The lowest BCUT2D eigenvalue weighted by Gasteiger charge is -2.17. The molecule has 1 heterocycles. The van der Waals surface area contributed by atoms with Gasteiger partial charge in [0.15, 0.2) is 0 Å². The molecule has 0 aliphatic rings. The molecular formula is C12H17N3O4. The topological polar surface area (TPSA) is 105 Å². The van der Waals surface area contributed by atoms with Gasteiger partial charge in [0.05, 0.1) is 10.8 Å². The number of carboxylic acid groups (broad SMARTS) is 1. The third-order valence-electron chi connectivity index (χ3n) is 2.92. The van der Waals surface area contributed by atoms with Crippen LogP contribution >= 0.6 is 0 Å². The number of nitro groups is 1. The molecule has 7 nitrogen and oxygen atoms in total. The van der Waals surface area contributed by atoms with Crippen molar-refractivity contribution in [2.45, 2.75) is 20.8 Å². The first-order valence-electron chi connectivity index (χ1n) is 5.91. The van der Waals surface area contributed by atoms with Crippen molar-refractivity contribution >= 4 is 17.5 Å². The molecule has 1 unspecified atom stereocenters. The van der Waals surface area contributed by atoms with Crippen LogP contribution < -0.4 is 5.32 Å². The van der Waals surface area contributed by atoms with Gasteiger partial charge in [-0.2, -0.15) is 0 Å². The number of aryl methyl sites for hydroxylation is 1. The normalized spacial score (nSPS) is 12.2. The van der Waals surface area contributed by atoms with Crippen LogP contribution in [-0.4, -0.2) is 27.5 Å². The van der Waals surface area contributed by atoms with Crippen molar-refractivity contribution in [3.8, 4) is 0 Å². The summed E-state index contributed by atoms with van der Waals surface area (Å²) in [6.07, 6.45) is 1.45. The van der Waals surface area contributed by atoms with Crippen molar-refractivity contribution in [3.05, 3.63) is 27.9 Å². The van der Waals surface area contributed by atoms with Crippen molar-refractivity contribution in [3.63, 3.8) is 0 Å². The maximum atomic E-state index is 11.1. The van der Waals surface area contributed by atoms with E-state index in [-0.39, 0.29) is 24.0 Å². The number of carboxylic acids is 1. The van der Waals surface area contributed by atoms with E-state index in [1.165, 1.54) is 6.20 Å². The molecule has 1 aromatic rings. The zero-order chi connectivity index (χ0) is 14.6. The first-order valence-corrected chi connectivity index (χ1v) is 5.91. The minimum absolute atomic E-state index is 0.0751. The van der Waals surface area contributed by atoms with Crippen molar-refractivity contribution in [1.29, 1.82) is 0 Å². The highest BCUT2D eigenvalue weighted by Gasteiger charge is 2.24. The zero-order valence-electron chi connectivity index (χ0n) is 11.1. The molecule has 1 aromatic heterocycles. The Bertz CT molecular complexity index is 488. The lowest BCUT2D eigenvalue weighted by Crippen LogP contribution is -2.28. The molecule has 7 heteroatoms. The smallest absolute Gasteiger partial charge is 0.314 e. The first kappa shape index (κ1) is 14.9. The number of anilines is 1. The van der Waals surface area contributed by atoms with Crippen LogP contribution in [-0.2, 0) is 4.79 Å². The van der Waals surface area contributed by atoms with Crippen molar-refractivity contribution in [2.75, 3.05) is 11.9 Å². The monoisotopic (exact) mass is 267 g/mol. The Balaban J connectivity index is 2.91. The van der Waals surface area contributed by atoms with Crippen LogP contribution in [0.2, 0.25) is 0 Å². The Kier molecular flexibility index (Phi) is 4.80. The van der Waals surface area contributed by atoms with Gasteiger partial charge in [0.1, 0.15) is 0 Å². The molecule has 0 aliphatic heterocycles. The van der Waals surface area contributed by atoms with Crippen molar-refractivity contribution in [1.82, 2.24) is 4.98 Å². The number of nitrogens with one attached hydrogen (secondary N) is 1. The Hall–Kier alpha value is -2.18. The van der Waals surface area contributed by atoms with Gasteiger partial charge >= 0.3 is 11.7 Å². The number of hydrogen-bond acceptors (Lipinski definition) is 5. The van der Waals surface area contributed by atoms with Crippen LogP contribution in [0.3, 0.4) is 0 Å². The quantitative estimate of drug-likeness (QED) is 0.603.